The summed E-state index contributed by atoms with van der Waals surface area (Å²) in [5.41, 5.74) is 3.55. The molecule has 5 rings (SSSR count). The lowest BCUT2D eigenvalue weighted by molar-refractivity contribution is -0.131. The molecule has 0 bridgehead atoms. The Labute approximate surface area is 210 Å². The molecule has 184 valence electrons. The second-order valence-corrected chi connectivity index (χ2v) is 9.51. The number of benzene rings is 2. The molecular weight excluding hydrogens is 466 g/mol. The predicted octanol–water partition coefficient (Wildman–Crippen LogP) is 4.04. The van der Waals surface area contributed by atoms with Crippen molar-refractivity contribution in [3.8, 4) is 22.6 Å². The smallest absolute Gasteiger partial charge is 0.239 e. The van der Waals surface area contributed by atoms with E-state index in [1.165, 1.54) is 0 Å². The molecule has 3 aromatic rings. The van der Waals surface area contributed by atoms with Crippen LogP contribution in [0.5, 0.6) is 11.5 Å². The van der Waals surface area contributed by atoms with Crippen molar-refractivity contribution in [3.05, 3.63) is 41.0 Å². The fourth-order valence-electron chi connectivity index (χ4n) is 5.04. The first-order valence-electron chi connectivity index (χ1n) is 12.0. The topological polar surface area (TPSA) is 88.6 Å². The van der Waals surface area contributed by atoms with Crippen LogP contribution in [0.2, 0.25) is 5.02 Å². The molecule has 2 aromatic carbocycles. The van der Waals surface area contributed by atoms with Gasteiger partial charge in [0.2, 0.25) is 11.9 Å². The minimum absolute atomic E-state index is 0.106. The lowest BCUT2D eigenvalue weighted by Crippen LogP contribution is -2.42. The average Bonchev–Trinajstić information content (AvgIpc) is 3.57. The highest BCUT2D eigenvalue weighted by Gasteiger charge is 2.33. The first kappa shape index (κ1) is 23.6. The third kappa shape index (κ3) is 4.60. The number of rotatable bonds is 6. The summed E-state index contributed by atoms with van der Waals surface area (Å²) in [4.78, 5) is 23.9. The van der Waals surface area contributed by atoms with E-state index in [-0.39, 0.29) is 18.0 Å². The molecule has 2 aliphatic rings. The van der Waals surface area contributed by atoms with Crippen LogP contribution in [-0.2, 0) is 4.79 Å². The van der Waals surface area contributed by atoms with E-state index in [9.17, 15) is 4.79 Å². The maximum Gasteiger partial charge on any atom is 0.239 e. The summed E-state index contributed by atoms with van der Waals surface area (Å²) in [5.74, 6) is 2.04. The van der Waals surface area contributed by atoms with Crippen LogP contribution in [0.1, 0.15) is 24.8 Å². The van der Waals surface area contributed by atoms with E-state index in [1.54, 1.807) is 20.3 Å². The van der Waals surface area contributed by atoms with Gasteiger partial charge in [0.15, 0.2) is 0 Å². The molecule has 0 spiro atoms. The third-order valence-electron chi connectivity index (χ3n) is 6.93. The van der Waals surface area contributed by atoms with E-state index in [0.717, 1.165) is 59.9 Å². The summed E-state index contributed by atoms with van der Waals surface area (Å²) < 4.78 is 11.0. The SMILES string of the molecule is COc1cc(OC)c(Cl)c(-c2ccc3nc(NC4CNC(C(=O)N5CCCC5)C4)ncc3c2)c1C. The van der Waals surface area contributed by atoms with Crippen molar-refractivity contribution in [1.82, 2.24) is 20.2 Å². The number of nitrogens with one attached hydrogen (secondary N) is 2. The zero-order valence-electron chi connectivity index (χ0n) is 20.2. The van der Waals surface area contributed by atoms with E-state index in [1.807, 2.05) is 36.2 Å². The maximum absolute atomic E-state index is 12.7. The standard InChI is InChI=1S/C26H30ClN5O3/c1-15-21(34-2)12-22(35-3)24(27)23(15)16-6-7-19-17(10-16)13-29-26(31-19)30-18-11-20(28-14-18)25(33)32-8-4-5-9-32/h6-7,10,12-13,18,20,28H,4-5,8-9,11,14H2,1-3H3,(H,29,30,31). The van der Waals surface area contributed by atoms with Crippen LogP contribution in [0.15, 0.2) is 30.5 Å². The second kappa shape index (κ2) is 9.87. The van der Waals surface area contributed by atoms with Gasteiger partial charge in [0.05, 0.1) is 30.8 Å². The predicted molar refractivity (Wildman–Crippen MR) is 137 cm³/mol. The number of likely N-dealkylation sites (tertiary alicyclic amines) is 1. The van der Waals surface area contributed by atoms with Gasteiger partial charge in [0, 0.05) is 54.5 Å². The number of hydrogen-bond donors (Lipinski definition) is 2. The van der Waals surface area contributed by atoms with Crippen molar-refractivity contribution in [2.24, 2.45) is 0 Å². The number of fused-ring (bicyclic) bond motifs is 1. The normalized spacial score (nSPS) is 19.8. The molecule has 2 atom stereocenters. The lowest BCUT2D eigenvalue weighted by atomic mass is 9.98. The Hall–Kier alpha value is -3.10. The van der Waals surface area contributed by atoms with Crippen molar-refractivity contribution < 1.29 is 14.3 Å². The number of ether oxygens (including phenoxy) is 2. The highest BCUT2D eigenvalue weighted by molar-refractivity contribution is 6.35. The van der Waals surface area contributed by atoms with Gasteiger partial charge in [-0.15, -0.1) is 0 Å². The zero-order chi connectivity index (χ0) is 24.5. The molecule has 2 aliphatic heterocycles. The number of aromatic nitrogens is 2. The molecule has 9 heteroatoms. The van der Waals surface area contributed by atoms with E-state index < -0.39 is 0 Å². The Morgan fingerprint density at radius 2 is 1.94 bits per heavy atom. The summed E-state index contributed by atoms with van der Waals surface area (Å²) in [6.45, 7) is 4.43. The summed E-state index contributed by atoms with van der Waals surface area (Å²) in [5, 5.41) is 8.18. The lowest BCUT2D eigenvalue weighted by Gasteiger charge is -2.20. The van der Waals surface area contributed by atoms with Crippen LogP contribution < -0.4 is 20.1 Å². The van der Waals surface area contributed by atoms with E-state index in [4.69, 9.17) is 26.1 Å². The van der Waals surface area contributed by atoms with Crippen molar-refractivity contribution in [3.63, 3.8) is 0 Å². The van der Waals surface area contributed by atoms with Gasteiger partial charge in [-0.05, 0) is 43.9 Å². The molecule has 0 radical (unpaired) electrons. The Bertz CT molecular complexity index is 1230. The maximum atomic E-state index is 12.7. The number of methoxy groups -OCH3 is 2. The number of halogens is 1. The van der Waals surface area contributed by atoms with E-state index >= 15 is 0 Å². The number of carbonyl (C=O) groups excluding carboxylic acids is 1. The van der Waals surface area contributed by atoms with Crippen LogP contribution >= 0.6 is 11.6 Å². The molecule has 8 nitrogen and oxygen atoms in total. The number of hydrogen-bond acceptors (Lipinski definition) is 7. The zero-order valence-corrected chi connectivity index (χ0v) is 21.0. The minimum atomic E-state index is -0.138. The first-order chi connectivity index (χ1) is 17.0. The van der Waals surface area contributed by atoms with Crippen LogP contribution in [0.4, 0.5) is 5.95 Å². The van der Waals surface area contributed by atoms with Crippen LogP contribution in [0.25, 0.3) is 22.0 Å². The Morgan fingerprint density at radius 1 is 1.17 bits per heavy atom. The first-order valence-corrected chi connectivity index (χ1v) is 12.3. The van der Waals surface area contributed by atoms with Gasteiger partial charge in [-0.25, -0.2) is 9.97 Å². The van der Waals surface area contributed by atoms with Gasteiger partial charge in [0.1, 0.15) is 11.5 Å². The number of amides is 1. The van der Waals surface area contributed by atoms with Crippen molar-refractivity contribution >= 4 is 34.4 Å². The van der Waals surface area contributed by atoms with Gasteiger partial charge >= 0.3 is 0 Å². The number of carbonyl (C=O) groups is 1. The fourth-order valence-corrected chi connectivity index (χ4v) is 5.42. The van der Waals surface area contributed by atoms with Gasteiger partial charge in [0.25, 0.3) is 0 Å². The molecule has 0 saturated carbocycles. The Kier molecular flexibility index (Phi) is 6.67. The fraction of sp³-hybridized carbons (Fsp3) is 0.423. The summed E-state index contributed by atoms with van der Waals surface area (Å²) in [6, 6.07) is 7.74. The van der Waals surface area contributed by atoms with Crippen molar-refractivity contribution in [2.45, 2.75) is 38.3 Å². The molecule has 0 aliphatic carbocycles. The van der Waals surface area contributed by atoms with Crippen LogP contribution in [0, 0.1) is 6.92 Å². The van der Waals surface area contributed by atoms with Gasteiger partial charge < -0.3 is 25.0 Å². The average molecular weight is 496 g/mol. The van der Waals surface area contributed by atoms with E-state index in [0.29, 0.717) is 29.0 Å². The van der Waals surface area contributed by atoms with Crippen LogP contribution in [-0.4, -0.2) is 66.7 Å². The molecule has 2 saturated heterocycles. The Balaban J connectivity index is 1.34. The highest BCUT2D eigenvalue weighted by Crippen LogP contribution is 2.43. The summed E-state index contributed by atoms with van der Waals surface area (Å²) in [7, 11) is 3.22. The highest BCUT2D eigenvalue weighted by atomic mass is 35.5. The quantitative estimate of drug-likeness (QED) is 0.533. The summed E-state index contributed by atoms with van der Waals surface area (Å²) >= 11 is 6.67. The molecule has 2 fully saturated rings. The van der Waals surface area contributed by atoms with Crippen molar-refractivity contribution in [2.75, 3.05) is 39.2 Å². The second-order valence-electron chi connectivity index (χ2n) is 9.13. The van der Waals surface area contributed by atoms with E-state index in [2.05, 4.69) is 15.6 Å². The molecule has 3 heterocycles. The van der Waals surface area contributed by atoms with Gasteiger partial charge in [-0.3, -0.25) is 4.79 Å². The molecule has 1 aromatic heterocycles. The minimum Gasteiger partial charge on any atom is -0.496 e. The molecular formula is C26H30ClN5O3. The third-order valence-corrected chi connectivity index (χ3v) is 7.31. The Morgan fingerprint density at radius 3 is 2.69 bits per heavy atom. The molecule has 1 amide bonds. The van der Waals surface area contributed by atoms with Crippen LogP contribution in [0.3, 0.4) is 0 Å². The monoisotopic (exact) mass is 495 g/mol. The number of nitrogens with zero attached hydrogens (tertiary/aromatic N) is 3. The molecule has 2 N–H and O–H groups in total. The molecule has 2 unspecified atom stereocenters. The van der Waals surface area contributed by atoms with Crippen molar-refractivity contribution in [1.29, 1.82) is 0 Å². The summed E-state index contributed by atoms with van der Waals surface area (Å²) in [6.07, 6.45) is 4.74. The largest absolute Gasteiger partial charge is 0.496 e. The van der Waals surface area contributed by atoms with Gasteiger partial charge in [-0.2, -0.15) is 0 Å². The van der Waals surface area contributed by atoms with Gasteiger partial charge in [-0.1, -0.05) is 17.7 Å². The number of anilines is 1. The molecule has 35 heavy (non-hydrogen) atoms.